The molecule has 0 aromatic heterocycles. The smallest absolute Gasteiger partial charge is 0.191 e. The molecule has 24 heavy (non-hydrogen) atoms. The number of nitrogens with one attached hydrogen (secondary N) is 2. The summed E-state index contributed by atoms with van der Waals surface area (Å²) < 4.78 is 0. The second kappa shape index (κ2) is 9.49. The average molecular weight is 442 g/mol. The van der Waals surface area contributed by atoms with Crippen LogP contribution in [-0.4, -0.2) is 38.7 Å². The highest BCUT2D eigenvalue weighted by molar-refractivity contribution is 14.0. The van der Waals surface area contributed by atoms with E-state index < -0.39 is 0 Å². The zero-order valence-corrected chi connectivity index (χ0v) is 17.3. The monoisotopic (exact) mass is 442 g/mol. The lowest BCUT2D eigenvalue weighted by Crippen LogP contribution is -2.51. The molecule has 1 aliphatic carbocycles. The van der Waals surface area contributed by atoms with E-state index >= 15 is 0 Å². The Bertz CT molecular complexity index is 525. The van der Waals surface area contributed by atoms with Gasteiger partial charge in [0.2, 0.25) is 0 Å². The number of hydrogen-bond acceptors (Lipinski definition) is 2. The van der Waals surface area contributed by atoms with Crippen LogP contribution in [0.25, 0.3) is 0 Å². The molecule has 0 spiro atoms. The fraction of sp³-hybridized carbons (Fsp3) is 0.632. The second-order valence-electron chi connectivity index (χ2n) is 7.00. The summed E-state index contributed by atoms with van der Waals surface area (Å²) >= 11 is 0. The zero-order chi connectivity index (χ0) is 16.1. The van der Waals surface area contributed by atoms with Crippen LogP contribution in [0.1, 0.15) is 37.7 Å². The van der Waals surface area contributed by atoms with E-state index in [-0.39, 0.29) is 24.0 Å². The molecule has 4 nitrogen and oxygen atoms in total. The first-order valence-corrected chi connectivity index (χ1v) is 9.03. The molecule has 1 saturated heterocycles. The summed E-state index contributed by atoms with van der Waals surface area (Å²) in [7, 11) is 1.87. The minimum atomic E-state index is 0. The first-order chi connectivity index (χ1) is 11.2. The Morgan fingerprint density at radius 1 is 1.21 bits per heavy atom. The molecule has 1 aromatic rings. The van der Waals surface area contributed by atoms with Gasteiger partial charge >= 0.3 is 0 Å². The number of piperidine rings is 1. The van der Waals surface area contributed by atoms with Gasteiger partial charge in [0.15, 0.2) is 5.96 Å². The molecule has 1 heterocycles. The largest absolute Gasteiger partial charge is 0.369 e. The normalized spacial score (nSPS) is 21.2. The number of rotatable bonds is 5. The summed E-state index contributed by atoms with van der Waals surface area (Å²) in [5.74, 6) is 1.92. The molecule has 5 heteroatoms. The van der Waals surface area contributed by atoms with Crippen molar-refractivity contribution in [1.29, 1.82) is 0 Å². The van der Waals surface area contributed by atoms with Crippen LogP contribution in [0.3, 0.4) is 0 Å². The summed E-state index contributed by atoms with van der Waals surface area (Å²) in [6, 6.07) is 9.34. The second-order valence-corrected chi connectivity index (χ2v) is 7.00. The predicted octanol–water partition coefficient (Wildman–Crippen LogP) is 3.55. The van der Waals surface area contributed by atoms with Crippen LogP contribution in [0, 0.1) is 12.8 Å². The van der Waals surface area contributed by atoms with Crippen LogP contribution in [-0.2, 0) is 0 Å². The Morgan fingerprint density at radius 2 is 1.96 bits per heavy atom. The van der Waals surface area contributed by atoms with E-state index in [4.69, 9.17) is 0 Å². The maximum absolute atomic E-state index is 4.38. The van der Waals surface area contributed by atoms with Gasteiger partial charge in [-0.15, -0.1) is 24.0 Å². The van der Waals surface area contributed by atoms with Gasteiger partial charge in [0, 0.05) is 38.4 Å². The van der Waals surface area contributed by atoms with Crippen molar-refractivity contribution in [2.75, 3.05) is 31.6 Å². The van der Waals surface area contributed by atoms with E-state index in [0.717, 1.165) is 31.5 Å². The summed E-state index contributed by atoms with van der Waals surface area (Å²) in [6.07, 6.45) is 6.56. The summed E-state index contributed by atoms with van der Waals surface area (Å²) in [5.41, 5.74) is 2.65. The number of nitrogens with zero attached hydrogens (tertiary/aromatic N) is 2. The van der Waals surface area contributed by atoms with Crippen molar-refractivity contribution < 1.29 is 0 Å². The van der Waals surface area contributed by atoms with Gasteiger partial charge in [0.25, 0.3) is 0 Å². The van der Waals surface area contributed by atoms with Gasteiger partial charge in [-0.25, -0.2) is 0 Å². The average Bonchev–Trinajstić information content (AvgIpc) is 3.39. The summed E-state index contributed by atoms with van der Waals surface area (Å²) in [6.45, 7) is 5.38. The first-order valence-electron chi connectivity index (χ1n) is 9.03. The fourth-order valence-electron chi connectivity index (χ4n) is 3.27. The predicted molar refractivity (Wildman–Crippen MR) is 114 cm³/mol. The highest BCUT2D eigenvalue weighted by atomic mass is 127. The Labute approximate surface area is 163 Å². The zero-order valence-electron chi connectivity index (χ0n) is 14.9. The van der Waals surface area contributed by atoms with Gasteiger partial charge < -0.3 is 15.5 Å². The van der Waals surface area contributed by atoms with E-state index in [1.165, 1.54) is 43.4 Å². The van der Waals surface area contributed by atoms with Gasteiger partial charge in [-0.2, -0.15) is 0 Å². The number of guanidine groups is 1. The molecule has 2 N–H and O–H groups in total. The number of aliphatic imine (C=N–C) groups is 1. The van der Waals surface area contributed by atoms with E-state index in [0.29, 0.717) is 6.04 Å². The summed E-state index contributed by atoms with van der Waals surface area (Å²) in [4.78, 5) is 6.87. The minimum absolute atomic E-state index is 0. The maximum Gasteiger partial charge on any atom is 0.191 e. The Hall–Kier alpha value is -0.980. The number of hydrogen-bond donors (Lipinski definition) is 2. The first kappa shape index (κ1) is 19.3. The molecule has 0 amide bonds. The molecule has 1 aliphatic heterocycles. The quantitative estimate of drug-likeness (QED) is 0.416. The maximum atomic E-state index is 4.38. The molecule has 0 bridgehead atoms. The molecular formula is C19H31IN4. The van der Waals surface area contributed by atoms with Crippen LogP contribution in [0.5, 0.6) is 0 Å². The molecule has 2 aliphatic rings. The molecule has 3 rings (SSSR count). The van der Waals surface area contributed by atoms with Crippen molar-refractivity contribution in [3.05, 3.63) is 29.8 Å². The standard InChI is InChI=1S/C19H30N4.HI/c1-15-5-9-18(10-6-15)23-13-3-4-17(14-23)22-19(20-2)21-12-11-16-7-8-16;/h5-6,9-10,16-17H,3-4,7-8,11-14H2,1-2H3,(H2,20,21,22);1H. The van der Waals surface area contributed by atoms with E-state index in [1.54, 1.807) is 0 Å². The van der Waals surface area contributed by atoms with Crippen molar-refractivity contribution in [2.24, 2.45) is 10.9 Å². The lowest BCUT2D eigenvalue weighted by molar-refractivity contribution is 0.467. The van der Waals surface area contributed by atoms with E-state index in [9.17, 15) is 0 Å². The van der Waals surface area contributed by atoms with Crippen LogP contribution in [0.4, 0.5) is 5.69 Å². The van der Waals surface area contributed by atoms with Crippen molar-refractivity contribution in [3.8, 4) is 0 Å². The van der Waals surface area contributed by atoms with Crippen molar-refractivity contribution >= 4 is 35.6 Å². The molecule has 1 aromatic carbocycles. The third-order valence-electron chi connectivity index (χ3n) is 4.93. The number of halogens is 1. The number of benzene rings is 1. The molecule has 134 valence electrons. The fourth-order valence-corrected chi connectivity index (χ4v) is 3.27. The molecule has 0 radical (unpaired) electrons. The van der Waals surface area contributed by atoms with Gasteiger partial charge in [-0.1, -0.05) is 30.5 Å². The van der Waals surface area contributed by atoms with E-state index in [1.807, 2.05) is 7.05 Å². The SMILES string of the molecule is CN=C(NCCC1CC1)NC1CCCN(c2ccc(C)cc2)C1.I. The van der Waals surface area contributed by atoms with Crippen molar-refractivity contribution in [3.63, 3.8) is 0 Å². The third kappa shape index (κ3) is 5.83. The molecule has 2 fully saturated rings. The molecular weight excluding hydrogens is 411 g/mol. The highest BCUT2D eigenvalue weighted by Gasteiger charge is 2.22. The van der Waals surface area contributed by atoms with Crippen LogP contribution < -0.4 is 15.5 Å². The Balaban J connectivity index is 0.00000208. The topological polar surface area (TPSA) is 39.7 Å². The lowest BCUT2D eigenvalue weighted by atomic mass is 10.0. The Morgan fingerprint density at radius 3 is 2.62 bits per heavy atom. The van der Waals surface area contributed by atoms with Gasteiger partial charge in [-0.05, 0) is 44.2 Å². The highest BCUT2D eigenvalue weighted by Crippen LogP contribution is 2.31. The Kier molecular flexibility index (Phi) is 7.65. The van der Waals surface area contributed by atoms with Gasteiger partial charge in [0.1, 0.15) is 0 Å². The molecule has 1 saturated carbocycles. The number of aryl methyl sites for hydroxylation is 1. The van der Waals surface area contributed by atoms with Crippen molar-refractivity contribution in [1.82, 2.24) is 10.6 Å². The van der Waals surface area contributed by atoms with Crippen LogP contribution >= 0.6 is 24.0 Å². The van der Waals surface area contributed by atoms with Crippen LogP contribution in [0.2, 0.25) is 0 Å². The molecule has 1 unspecified atom stereocenters. The minimum Gasteiger partial charge on any atom is -0.369 e. The third-order valence-corrected chi connectivity index (χ3v) is 4.93. The van der Waals surface area contributed by atoms with Crippen molar-refractivity contribution in [2.45, 2.75) is 45.1 Å². The van der Waals surface area contributed by atoms with Gasteiger partial charge in [-0.3, -0.25) is 4.99 Å². The van der Waals surface area contributed by atoms with Gasteiger partial charge in [0.05, 0.1) is 0 Å². The lowest BCUT2D eigenvalue weighted by Gasteiger charge is -2.35. The molecule has 1 atom stereocenters. The number of anilines is 1. The van der Waals surface area contributed by atoms with Crippen LogP contribution in [0.15, 0.2) is 29.3 Å². The summed E-state index contributed by atoms with van der Waals surface area (Å²) in [5, 5.41) is 7.08. The van der Waals surface area contributed by atoms with E-state index in [2.05, 4.69) is 51.7 Å².